The molecule has 0 spiro atoms. The molecule has 1 aliphatic carbocycles. The molecule has 1 N–H and O–H groups in total. The minimum Gasteiger partial charge on any atom is -0.352 e. The second-order valence-corrected chi connectivity index (χ2v) is 13.7. The first-order chi connectivity index (χ1) is 21.2. The van der Waals surface area contributed by atoms with Crippen molar-refractivity contribution >= 4 is 62.3 Å². The standard InChI is InChI=1S/C31H31Cl3F3N3O4S/c1-2-28(30(42)38-20-9-6-7-10-20)39(18-23-25(32)13-8-14-26(23)33)29(41)19-40(45(43,44)22-11-4-3-5-12-22)21-15-16-27(34)24(17-21)31(35,36)37/h3-5,8,11-17,20,28H,2,6-7,9-10,18-19H2,1H3,(H,38,42). The van der Waals surface area contributed by atoms with Gasteiger partial charge in [0, 0.05) is 28.2 Å². The first kappa shape index (κ1) is 34.9. The molecule has 3 aromatic rings. The summed E-state index contributed by atoms with van der Waals surface area (Å²) >= 11 is 18.7. The maximum Gasteiger partial charge on any atom is 0.417 e. The number of alkyl halides is 3. The third kappa shape index (κ3) is 8.24. The molecule has 3 aromatic carbocycles. The van der Waals surface area contributed by atoms with Crippen molar-refractivity contribution in [3.05, 3.63) is 92.9 Å². The van der Waals surface area contributed by atoms with Crippen LogP contribution in [0.15, 0.2) is 71.6 Å². The molecule has 45 heavy (non-hydrogen) atoms. The molecule has 1 aliphatic rings. The predicted octanol–water partition coefficient (Wildman–Crippen LogP) is 7.73. The van der Waals surface area contributed by atoms with Gasteiger partial charge in [-0.15, -0.1) is 0 Å². The van der Waals surface area contributed by atoms with E-state index in [2.05, 4.69) is 5.32 Å². The number of hydrogen-bond acceptors (Lipinski definition) is 4. The van der Waals surface area contributed by atoms with E-state index < -0.39 is 56.9 Å². The molecule has 4 rings (SSSR count). The van der Waals surface area contributed by atoms with E-state index in [9.17, 15) is 31.2 Å². The highest BCUT2D eigenvalue weighted by molar-refractivity contribution is 7.92. The van der Waals surface area contributed by atoms with E-state index in [-0.39, 0.29) is 33.9 Å². The normalized spacial score (nSPS) is 14.6. The van der Waals surface area contributed by atoms with Gasteiger partial charge in [0.1, 0.15) is 12.6 Å². The molecular formula is C31H31Cl3F3N3O4S. The Morgan fingerprint density at radius 1 is 0.933 bits per heavy atom. The van der Waals surface area contributed by atoms with Gasteiger partial charge in [0.2, 0.25) is 11.8 Å². The molecule has 1 unspecified atom stereocenters. The van der Waals surface area contributed by atoms with Crippen molar-refractivity contribution in [3.63, 3.8) is 0 Å². The van der Waals surface area contributed by atoms with Crippen LogP contribution >= 0.6 is 34.8 Å². The van der Waals surface area contributed by atoms with Gasteiger partial charge >= 0.3 is 6.18 Å². The molecule has 1 saturated carbocycles. The molecule has 1 fully saturated rings. The van der Waals surface area contributed by atoms with E-state index in [1.54, 1.807) is 31.2 Å². The minimum atomic E-state index is -4.91. The first-order valence-electron chi connectivity index (χ1n) is 14.2. The molecule has 1 atom stereocenters. The average molecular weight is 705 g/mol. The third-order valence-corrected chi connectivity index (χ3v) is 10.5. The quantitative estimate of drug-likeness (QED) is 0.222. The number of carbonyl (C=O) groups excluding carboxylic acids is 2. The maximum absolute atomic E-state index is 14.2. The van der Waals surface area contributed by atoms with E-state index >= 15 is 0 Å². The Hall–Kier alpha value is -2.99. The Labute approximate surface area is 275 Å². The molecule has 0 aliphatic heterocycles. The summed E-state index contributed by atoms with van der Waals surface area (Å²) in [5.41, 5.74) is -1.39. The molecular weight excluding hydrogens is 674 g/mol. The lowest BCUT2D eigenvalue weighted by atomic mass is 10.1. The monoisotopic (exact) mass is 703 g/mol. The summed E-state index contributed by atoms with van der Waals surface area (Å²) in [4.78, 5) is 28.7. The number of halogens is 6. The molecule has 7 nitrogen and oxygen atoms in total. The van der Waals surface area contributed by atoms with Gasteiger partial charge in [-0.05, 0) is 61.7 Å². The van der Waals surface area contributed by atoms with E-state index in [1.165, 1.54) is 29.2 Å². The van der Waals surface area contributed by atoms with E-state index in [0.29, 0.717) is 15.9 Å². The number of amides is 2. The van der Waals surface area contributed by atoms with Crippen molar-refractivity contribution in [2.75, 3.05) is 10.8 Å². The van der Waals surface area contributed by atoms with Crippen molar-refractivity contribution in [1.82, 2.24) is 10.2 Å². The summed E-state index contributed by atoms with van der Waals surface area (Å²) in [6.45, 7) is 0.494. The van der Waals surface area contributed by atoms with Crippen LogP contribution < -0.4 is 9.62 Å². The lowest BCUT2D eigenvalue weighted by Gasteiger charge is -2.34. The molecule has 2 amide bonds. The molecule has 0 bridgehead atoms. The Morgan fingerprint density at radius 3 is 2.13 bits per heavy atom. The Bertz CT molecular complexity index is 1620. The zero-order valence-corrected chi connectivity index (χ0v) is 27.2. The van der Waals surface area contributed by atoms with Crippen LogP contribution in [0.3, 0.4) is 0 Å². The van der Waals surface area contributed by atoms with Gasteiger partial charge in [-0.25, -0.2) is 8.42 Å². The number of hydrogen-bond donors (Lipinski definition) is 1. The third-order valence-electron chi connectivity index (χ3n) is 7.63. The highest BCUT2D eigenvalue weighted by Crippen LogP contribution is 2.38. The molecule has 0 aromatic heterocycles. The Balaban J connectivity index is 1.80. The van der Waals surface area contributed by atoms with Crippen LogP contribution in [0.5, 0.6) is 0 Å². The van der Waals surface area contributed by atoms with Crippen molar-refractivity contribution in [2.45, 2.75) is 68.7 Å². The van der Waals surface area contributed by atoms with Crippen LogP contribution in [-0.4, -0.2) is 43.8 Å². The number of nitrogens with one attached hydrogen (secondary N) is 1. The fourth-order valence-corrected chi connectivity index (χ4v) is 7.44. The fraction of sp³-hybridized carbons (Fsp3) is 0.355. The second kappa shape index (κ2) is 14.6. The summed E-state index contributed by atoms with van der Waals surface area (Å²) in [5, 5.41) is 2.77. The topological polar surface area (TPSA) is 86.8 Å². The first-order valence-corrected chi connectivity index (χ1v) is 16.8. The lowest BCUT2D eigenvalue weighted by Crippen LogP contribution is -2.53. The van der Waals surface area contributed by atoms with Crippen LogP contribution in [0.25, 0.3) is 0 Å². The fourth-order valence-electron chi connectivity index (χ4n) is 5.27. The zero-order chi connectivity index (χ0) is 32.9. The maximum atomic E-state index is 14.2. The largest absolute Gasteiger partial charge is 0.417 e. The number of rotatable bonds is 11. The second-order valence-electron chi connectivity index (χ2n) is 10.6. The highest BCUT2D eigenvalue weighted by atomic mass is 35.5. The van der Waals surface area contributed by atoms with Gasteiger partial charge in [0.25, 0.3) is 10.0 Å². The van der Waals surface area contributed by atoms with Crippen LogP contribution in [-0.2, 0) is 32.3 Å². The van der Waals surface area contributed by atoms with Crippen LogP contribution in [0, 0.1) is 0 Å². The van der Waals surface area contributed by atoms with E-state index in [1.807, 2.05) is 0 Å². The number of benzene rings is 3. The Kier molecular flexibility index (Phi) is 11.3. The lowest BCUT2D eigenvalue weighted by molar-refractivity contribution is -0.140. The van der Waals surface area contributed by atoms with E-state index in [0.717, 1.165) is 37.8 Å². The average Bonchev–Trinajstić information content (AvgIpc) is 3.50. The highest BCUT2D eigenvalue weighted by Gasteiger charge is 2.38. The summed E-state index contributed by atoms with van der Waals surface area (Å²) < 4.78 is 69.9. The number of carbonyl (C=O) groups is 2. The van der Waals surface area contributed by atoms with Gasteiger partial charge < -0.3 is 10.2 Å². The molecule has 0 saturated heterocycles. The number of nitrogens with zero attached hydrogens (tertiary/aromatic N) is 2. The van der Waals surface area contributed by atoms with Crippen LogP contribution in [0.4, 0.5) is 18.9 Å². The van der Waals surface area contributed by atoms with Gasteiger partial charge in [-0.1, -0.05) is 78.8 Å². The van der Waals surface area contributed by atoms with Crippen LogP contribution in [0.2, 0.25) is 15.1 Å². The van der Waals surface area contributed by atoms with Crippen molar-refractivity contribution in [1.29, 1.82) is 0 Å². The van der Waals surface area contributed by atoms with Crippen molar-refractivity contribution < 1.29 is 31.2 Å². The van der Waals surface area contributed by atoms with Gasteiger partial charge in [-0.3, -0.25) is 13.9 Å². The Morgan fingerprint density at radius 2 is 1.56 bits per heavy atom. The van der Waals surface area contributed by atoms with Gasteiger partial charge in [0.15, 0.2) is 0 Å². The SMILES string of the molecule is CCC(C(=O)NC1CCCC1)N(Cc1c(Cl)cccc1Cl)C(=O)CN(c1ccc(Cl)c(C(F)(F)F)c1)S(=O)(=O)c1ccccc1. The molecule has 0 heterocycles. The summed E-state index contributed by atoms with van der Waals surface area (Å²) in [6, 6.07) is 13.2. The number of anilines is 1. The van der Waals surface area contributed by atoms with Crippen LogP contribution in [0.1, 0.15) is 50.2 Å². The van der Waals surface area contributed by atoms with E-state index in [4.69, 9.17) is 34.8 Å². The van der Waals surface area contributed by atoms with Gasteiger partial charge in [0.05, 0.1) is 21.2 Å². The molecule has 14 heteroatoms. The van der Waals surface area contributed by atoms with Crippen molar-refractivity contribution in [3.8, 4) is 0 Å². The summed E-state index contributed by atoms with van der Waals surface area (Å²) in [6.07, 6.45) is -1.28. The van der Waals surface area contributed by atoms with Crippen molar-refractivity contribution in [2.24, 2.45) is 0 Å². The zero-order valence-electron chi connectivity index (χ0n) is 24.2. The smallest absolute Gasteiger partial charge is 0.352 e. The molecule has 0 radical (unpaired) electrons. The minimum absolute atomic E-state index is 0.0720. The summed E-state index contributed by atoms with van der Waals surface area (Å²) in [7, 11) is -4.60. The van der Waals surface area contributed by atoms with Gasteiger partial charge in [-0.2, -0.15) is 13.2 Å². The molecule has 242 valence electrons. The number of sulfonamides is 1. The summed E-state index contributed by atoms with van der Waals surface area (Å²) in [5.74, 6) is -1.30. The predicted molar refractivity (Wildman–Crippen MR) is 169 cm³/mol.